The van der Waals surface area contributed by atoms with E-state index in [9.17, 15) is 0 Å². The molecule has 2 rings (SSSR count). The van der Waals surface area contributed by atoms with Crippen molar-refractivity contribution in [3.05, 3.63) is 63.1 Å². The molecule has 3 heteroatoms. The quantitative estimate of drug-likeness (QED) is 0.896. The molecular formula is C17H20BrNO. The normalized spacial score (nSPS) is 12.2. The van der Waals surface area contributed by atoms with E-state index in [2.05, 4.69) is 65.4 Å². The molecule has 0 radical (unpaired) electrons. The molecule has 0 aromatic heterocycles. The first-order valence-corrected chi connectivity index (χ1v) is 7.43. The van der Waals surface area contributed by atoms with E-state index in [0.717, 1.165) is 15.8 Å². The van der Waals surface area contributed by atoms with Crippen molar-refractivity contribution in [2.45, 2.75) is 19.9 Å². The van der Waals surface area contributed by atoms with Gasteiger partial charge in [0.2, 0.25) is 0 Å². The summed E-state index contributed by atoms with van der Waals surface area (Å²) in [5.74, 6) is 0.910. The maximum absolute atomic E-state index is 5.51. The first-order valence-electron chi connectivity index (χ1n) is 6.64. The molecule has 20 heavy (non-hydrogen) atoms. The fraction of sp³-hybridized carbons (Fsp3) is 0.294. The van der Waals surface area contributed by atoms with Gasteiger partial charge in [0, 0.05) is 10.0 Å². The van der Waals surface area contributed by atoms with E-state index in [-0.39, 0.29) is 6.04 Å². The van der Waals surface area contributed by atoms with Crippen LogP contribution < -0.4 is 10.1 Å². The number of hydrogen-bond acceptors (Lipinski definition) is 2. The van der Waals surface area contributed by atoms with E-state index >= 15 is 0 Å². The van der Waals surface area contributed by atoms with Crippen LogP contribution in [0.25, 0.3) is 0 Å². The lowest BCUT2D eigenvalue weighted by molar-refractivity contribution is 0.405. The van der Waals surface area contributed by atoms with Crippen LogP contribution in [0.5, 0.6) is 5.75 Å². The van der Waals surface area contributed by atoms with E-state index in [1.54, 1.807) is 7.11 Å². The molecule has 1 atom stereocenters. The number of methoxy groups -OCH3 is 1. The topological polar surface area (TPSA) is 21.3 Å². The first kappa shape index (κ1) is 15.1. The second-order valence-corrected chi connectivity index (χ2v) is 5.94. The predicted octanol–water partition coefficient (Wildman–Crippen LogP) is 4.38. The van der Waals surface area contributed by atoms with Crippen LogP contribution >= 0.6 is 15.9 Å². The highest BCUT2D eigenvalue weighted by molar-refractivity contribution is 9.10. The van der Waals surface area contributed by atoms with Gasteiger partial charge in [-0.1, -0.05) is 39.7 Å². The zero-order chi connectivity index (χ0) is 14.7. The molecule has 0 spiro atoms. The number of ether oxygens (including phenoxy) is 1. The number of benzene rings is 2. The molecule has 0 heterocycles. The molecule has 2 aromatic carbocycles. The van der Waals surface area contributed by atoms with Crippen LogP contribution in [-0.4, -0.2) is 14.2 Å². The molecule has 0 aliphatic rings. The lowest BCUT2D eigenvalue weighted by Crippen LogP contribution is -2.18. The van der Waals surface area contributed by atoms with E-state index < -0.39 is 0 Å². The van der Waals surface area contributed by atoms with Gasteiger partial charge in [0.05, 0.1) is 13.2 Å². The minimum atomic E-state index is 0.112. The van der Waals surface area contributed by atoms with Crippen LogP contribution in [-0.2, 0) is 0 Å². The summed E-state index contributed by atoms with van der Waals surface area (Å²) in [5, 5.41) is 3.39. The maximum Gasteiger partial charge on any atom is 0.123 e. The summed E-state index contributed by atoms with van der Waals surface area (Å²) >= 11 is 3.57. The molecule has 1 unspecified atom stereocenters. The fourth-order valence-electron chi connectivity index (χ4n) is 2.51. The molecule has 0 aliphatic heterocycles. The molecule has 0 bridgehead atoms. The van der Waals surface area contributed by atoms with E-state index in [1.165, 1.54) is 16.7 Å². The summed E-state index contributed by atoms with van der Waals surface area (Å²) in [7, 11) is 3.69. The van der Waals surface area contributed by atoms with E-state index in [4.69, 9.17) is 4.74 Å². The molecule has 106 valence electrons. The van der Waals surface area contributed by atoms with Gasteiger partial charge >= 0.3 is 0 Å². The Morgan fingerprint density at radius 1 is 1.05 bits per heavy atom. The second-order valence-electron chi connectivity index (χ2n) is 5.03. The Hall–Kier alpha value is -1.32. The van der Waals surface area contributed by atoms with E-state index in [0.29, 0.717) is 0 Å². The van der Waals surface area contributed by atoms with Gasteiger partial charge in [-0.05, 0) is 50.2 Å². The Bertz CT molecular complexity index is 590. The molecule has 1 N–H and O–H groups in total. The summed E-state index contributed by atoms with van der Waals surface area (Å²) in [6.45, 7) is 4.20. The Balaban J connectivity index is 2.54. The number of nitrogens with one attached hydrogen (secondary N) is 1. The van der Waals surface area contributed by atoms with Crippen LogP contribution in [0.1, 0.15) is 28.3 Å². The second kappa shape index (κ2) is 6.42. The van der Waals surface area contributed by atoms with Crippen LogP contribution in [0.4, 0.5) is 0 Å². The van der Waals surface area contributed by atoms with Crippen molar-refractivity contribution in [3.63, 3.8) is 0 Å². The third kappa shape index (κ3) is 3.22. The third-order valence-corrected chi connectivity index (χ3v) is 3.84. The summed E-state index contributed by atoms with van der Waals surface area (Å²) in [5.41, 5.74) is 4.85. The number of rotatable bonds is 4. The van der Waals surface area contributed by atoms with Gasteiger partial charge in [0.1, 0.15) is 5.75 Å². The standard InChI is InChI=1S/C17H20BrNO/c1-11-5-6-16(20-4)15(9-11)17(19-3)13-7-12(2)8-14(18)10-13/h5-10,17,19H,1-4H3. The number of hydrogen-bond donors (Lipinski definition) is 1. The lowest BCUT2D eigenvalue weighted by Gasteiger charge is -2.21. The smallest absolute Gasteiger partial charge is 0.123 e. The molecular weight excluding hydrogens is 314 g/mol. The van der Waals surface area contributed by atoms with Gasteiger partial charge in [-0.2, -0.15) is 0 Å². The molecule has 0 saturated heterocycles. The van der Waals surface area contributed by atoms with Crippen molar-refractivity contribution in [1.29, 1.82) is 0 Å². The zero-order valence-corrected chi connectivity index (χ0v) is 13.9. The van der Waals surface area contributed by atoms with Crippen molar-refractivity contribution in [1.82, 2.24) is 5.32 Å². The monoisotopic (exact) mass is 333 g/mol. The highest BCUT2D eigenvalue weighted by Crippen LogP contribution is 2.32. The van der Waals surface area contributed by atoms with Crippen LogP contribution in [0.15, 0.2) is 40.9 Å². The zero-order valence-electron chi connectivity index (χ0n) is 12.3. The first-order chi connectivity index (χ1) is 9.55. The minimum absolute atomic E-state index is 0.112. The van der Waals surface area contributed by atoms with Crippen molar-refractivity contribution in [2.75, 3.05) is 14.2 Å². The number of aryl methyl sites for hydroxylation is 2. The molecule has 0 aliphatic carbocycles. The maximum atomic E-state index is 5.51. The Morgan fingerprint density at radius 3 is 2.40 bits per heavy atom. The lowest BCUT2D eigenvalue weighted by atomic mass is 9.95. The molecule has 0 fully saturated rings. The highest BCUT2D eigenvalue weighted by atomic mass is 79.9. The fourth-order valence-corrected chi connectivity index (χ4v) is 3.14. The van der Waals surface area contributed by atoms with Crippen LogP contribution in [0, 0.1) is 13.8 Å². The van der Waals surface area contributed by atoms with Crippen molar-refractivity contribution >= 4 is 15.9 Å². The summed E-state index contributed by atoms with van der Waals surface area (Å²) in [4.78, 5) is 0. The minimum Gasteiger partial charge on any atom is -0.496 e. The SMILES string of the molecule is CNC(c1cc(C)cc(Br)c1)c1cc(C)ccc1OC. The van der Waals surface area contributed by atoms with Gasteiger partial charge in [-0.15, -0.1) is 0 Å². The van der Waals surface area contributed by atoms with Gasteiger partial charge < -0.3 is 10.1 Å². The molecule has 2 aromatic rings. The largest absolute Gasteiger partial charge is 0.496 e. The predicted molar refractivity (Wildman–Crippen MR) is 87.5 cm³/mol. The average Bonchev–Trinajstić information content (AvgIpc) is 2.39. The Kier molecular flexibility index (Phi) is 4.84. The van der Waals surface area contributed by atoms with Crippen molar-refractivity contribution in [3.8, 4) is 5.75 Å². The molecule has 0 saturated carbocycles. The Morgan fingerprint density at radius 2 is 1.80 bits per heavy atom. The number of halogens is 1. The highest BCUT2D eigenvalue weighted by Gasteiger charge is 2.17. The molecule has 0 amide bonds. The molecule has 2 nitrogen and oxygen atoms in total. The summed E-state index contributed by atoms with van der Waals surface area (Å²) < 4.78 is 6.61. The van der Waals surface area contributed by atoms with Crippen molar-refractivity contribution in [2.24, 2.45) is 0 Å². The Labute approximate surface area is 129 Å². The van der Waals surface area contributed by atoms with Crippen LogP contribution in [0.2, 0.25) is 0 Å². The van der Waals surface area contributed by atoms with Crippen molar-refractivity contribution < 1.29 is 4.74 Å². The van der Waals surface area contributed by atoms with E-state index in [1.807, 2.05) is 13.1 Å². The van der Waals surface area contributed by atoms with Gasteiger partial charge in [-0.25, -0.2) is 0 Å². The summed E-state index contributed by atoms with van der Waals surface area (Å²) in [6, 6.07) is 12.9. The third-order valence-electron chi connectivity index (χ3n) is 3.38. The van der Waals surface area contributed by atoms with Gasteiger partial charge in [0.15, 0.2) is 0 Å². The van der Waals surface area contributed by atoms with Crippen LogP contribution in [0.3, 0.4) is 0 Å². The summed E-state index contributed by atoms with van der Waals surface area (Å²) in [6.07, 6.45) is 0. The average molecular weight is 334 g/mol. The van der Waals surface area contributed by atoms with Gasteiger partial charge in [0.25, 0.3) is 0 Å². The van der Waals surface area contributed by atoms with Gasteiger partial charge in [-0.3, -0.25) is 0 Å².